The van der Waals surface area contributed by atoms with Crippen molar-refractivity contribution in [3.8, 4) is 0 Å². The van der Waals surface area contributed by atoms with Gasteiger partial charge in [0.1, 0.15) is 6.10 Å². The maximum Gasteiger partial charge on any atom is 0.253 e. The molecule has 1 fully saturated rings. The number of ether oxygens (including phenoxy) is 1. The van der Waals surface area contributed by atoms with Crippen molar-refractivity contribution in [1.29, 1.82) is 0 Å². The van der Waals surface area contributed by atoms with Gasteiger partial charge in [0.25, 0.3) is 5.91 Å². The van der Waals surface area contributed by atoms with Gasteiger partial charge in [-0.05, 0) is 31.4 Å². The standard InChI is InChI=1S/C13H18N2O2.ClH/c1-9-4-2-3-5-11(9)15-13(16)12-7-6-10(8-14)17-12;/h2-5,10,12H,6-8,14H2,1H3,(H,15,16);1H/t10-,12+;/m1./s1. The van der Waals surface area contributed by atoms with Crippen LogP contribution in [0.3, 0.4) is 0 Å². The average Bonchev–Trinajstić information content (AvgIpc) is 2.81. The van der Waals surface area contributed by atoms with E-state index in [2.05, 4.69) is 5.32 Å². The Bertz CT molecular complexity index is 412. The fourth-order valence-electron chi connectivity index (χ4n) is 2.00. The van der Waals surface area contributed by atoms with Crippen LogP contribution in [0, 0.1) is 6.92 Å². The zero-order chi connectivity index (χ0) is 12.3. The quantitative estimate of drug-likeness (QED) is 0.881. The molecule has 1 aliphatic rings. The van der Waals surface area contributed by atoms with Crippen LogP contribution < -0.4 is 11.1 Å². The van der Waals surface area contributed by atoms with Crippen molar-refractivity contribution >= 4 is 24.0 Å². The van der Waals surface area contributed by atoms with Gasteiger partial charge in [-0.1, -0.05) is 18.2 Å². The smallest absolute Gasteiger partial charge is 0.253 e. The van der Waals surface area contributed by atoms with Crippen molar-refractivity contribution in [2.45, 2.75) is 32.0 Å². The molecule has 0 saturated carbocycles. The molecule has 100 valence electrons. The summed E-state index contributed by atoms with van der Waals surface area (Å²) in [5.41, 5.74) is 7.41. The highest BCUT2D eigenvalue weighted by atomic mass is 35.5. The van der Waals surface area contributed by atoms with Gasteiger partial charge in [0.2, 0.25) is 0 Å². The van der Waals surface area contributed by atoms with Crippen LogP contribution in [0.1, 0.15) is 18.4 Å². The zero-order valence-corrected chi connectivity index (χ0v) is 11.2. The number of carbonyl (C=O) groups excluding carboxylic acids is 1. The predicted octanol–water partition coefficient (Wildman–Crippen LogP) is 1.86. The number of para-hydroxylation sites is 1. The molecule has 1 aromatic carbocycles. The SMILES string of the molecule is Cc1ccccc1NC(=O)[C@@H]1CC[C@H](CN)O1.Cl. The molecule has 18 heavy (non-hydrogen) atoms. The molecular weight excluding hydrogens is 252 g/mol. The fourth-order valence-corrected chi connectivity index (χ4v) is 2.00. The Kier molecular flexibility index (Phi) is 5.59. The van der Waals surface area contributed by atoms with Gasteiger partial charge in [-0.2, -0.15) is 0 Å². The summed E-state index contributed by atoms with van der Waals surface area (Å²) >= 11 is 0. The number of hydrogen-bond donors (Lipinski definition) is 2. The summed E-state index contributed by atoms with van der Waals surface area (Å²) in [7, 11) is 0. The minimum atomic E-state index is -0.358. The Balaban J connectivity index is 0.00000162. The molecule has 0 spiro atoms. The summed E-state index contributed by atoms with van der Waals surface area (Å²) < 4.78 is 5.55. The van der Waals surface area contributed by atoms with E-state index in [0.29, 0.717) is 6.54 Å². The second kappa shape index (κ2) is 6.73. The summed E-state index contributed by atoms with van der Waals surface area (Å²) in [5.74, 6) is -0.0738. The number of hydrogen-bond acceptors (Lipinski definition) is 3. The number of halogens is 1. The number of amides is 1. The van der Waals surface area contributed by atoms with E-state index in [0.717, 1.165) is 24.1 Å². The number of carbonyl (C=O) groups is 1. The summed E-state index contributed by atoms with van der Waals surface area (Å²) in [6, 6.07) is 7.71. The van der Waals surface area contributed by atoms with Crippen LogP contribution in [0.25, 0.3) is 0 Å². The zero-order valence-electron chi connectivity index (χ0n) is 10.4. The van der Waals surface area contributed by atoms with Gasteiger partial charge < -0.3 is 15.8 Å². The first kappa shape index (κ1) is 15.0. The first-order chi connectivity index (χ1) is 8.20. The molecule has 1 heterocycles. The van der Waals surface area contributed by atoms with Crippen molar-refractivity contribution in [1.82, 2.24) is 0 Å². The molecule has 5 heteroatoms. The van der Waals surface area contributed by atoms with E-state index in [1.165, 1.54) is 0 Å². The lowest BCUT2D eigenvalue weighted by Gasteiger charge is -2.13. The van der Waals surface area contributed by atoms with E-state index in [-0.39, 0.29) is 30.5 Å². The van der Waals surface area contributed by atoms with Crippen molar-refractivity contribution in [3.63, 3.8) is 0 Å². The number of rotatable bonds is 3. The molecule has 2 rings (SSSR count). The molecule has 2 atom stereocenters. The molecule has 0 aliphatic carbocycles. The second-order valence-electron chi connectivity index (χ2n) is 4.36. The third kappa shape index (κ3) is 3.45. The second-order valence-corrected chi connectivity index (χ2v) is 4.36. The lowest BCUT2D eigenvalue weighted by Crippen LogP contribution is -2.30. The van der Waals surface area contributed by atoms with E-state index >= 15 is 0 Å². The third-order valence-corrected chi connectivity index (χ3v) is 3.07. The van der Waals surface area contributed by atoms with E-state index in [9.17, 15) is 4.79 Å². The molecule has 1 amide bonds. The number of nitrogens with one attached hydrogen (secondary N) is 1. The van der Waals surface area contributed by atoms with Gasteiger partial charge in [0.05, 0.1) is 6.10 Å². The van der Waals surface area contributed by atoms with Gasteiger partial charge in [0.15, 0.2) is 0 Å². The Morgan fingerprint density at radius 3 is 2.78 bits per heavy atom. The number of aryl methyl sites for hydroxylation is 1. The first-order valence-corrected chi connectivity index (χ1v) is 5.92. The van der Waals surface area contributed by atoms with Crippen LogP contribution in [0.5, 0.6) is 0 Å². The van der Waals surface area contributed by atoms with Gasteiger partial charge in [0, 0.05) is 12.2 Å². The highest BCUT2D eigenvalue weighted by Crippen LogP contribution is 2.21. The Morgan fingerprint density at radius 2 is 2.17 bits per heavy atom. The van der Waals surface area contributed by atoms with Gasteiger partial charge in [-0.25, -0.2) is 0 Å². The van der Waals surface area contributed by atoms with Gasteiger partial charge in [-0.15, -0.1) is 12.4 Å². The topological polar surface area (TPSA) is 64.4 Å². The third-order valence-electron chi connectivity index (χ3n) is 3.07. The minimum Gasteiger partial charge on any atom is -0.364 e. The number of nitrogens with two attached hydrogens (primary N) is 1. The first-order valence-electron chi connectivity index (χ1n) is 5.92. The van der Waals surface area contributed by atoms with Crippen LogP contribution in [-0.4, -0.2) is 24.7 Å². The maximum absolute atomic E-state index is 12.0. The Labute approximate surface area is 113 Å². The Morgan fingerprint density at radius 1 is 1.44 bits per heavy atom. The van der Waals surface area contributed by atoms with Crippen molar-refractivity contribution in [2.24, 2.45) is 5.73 Å². The molecular formula is C13H19ClN2O2. The summed E-state index contributed by atoms with van der Waals surface area (Å²) in [5, 5.41) is 2.89. The minimum absolute atomic E-state index is 0. The van der Waals surface area contributed by atoms with Gasteiger partial charge in [-0.3, -0.25) is 4.79 Å². The molecule has 1 aromatic rings. The summed E-state index contributed by atoms with van der Waals surface area (Å²) in [4.78, 5) is 12.0. The molecule has 0 bridgehead atoms. The van der Waals surface area contributed by atoms with E-state index in [4.69, 9.17) is 10.5 Å². The van der Waals surface area contributed by atoms with E-state index in [1.807, 2.05) is 31.2 Å². The normalized spacial score (nSPS) is 22.3. The maximum atomic E-state index is 12.0. The van der Waals surface area contributed by atoms with Crippen LogP contribution in [0.4, 0.5) is 5.69 Å². The molecule has 1 aliphatic heterocycles. The van der Waals surface area contributed by atoms with Crippen molar-refractivity contribution in [2.75, 3.05) is 11.9 Å². The van der Waals surface area contributed by atoms with Gasteiger partial charge >= 0.3 is 0 Å². The van der Waals surface area contributed by atoms with E-state index < -0.39 is 0 Å². The summed E-state index contributed by atoms with van der Waals surface area (Å²) in [6.07, 6.45) is 1.29. The number of benzene rings is 1. The lowest BCUT2D eigenvalue weighted by molar-refractivity contribution is -0.126. The largest absolute Gasteiger partial charge is 0.364 e. The van der Waals surface area contributed by atoms with Crippen LogP contribution in [0.2, 0.25) is 0 Å². The van der Waals surface area contributed by atoms with Crippen LogP contribution >= 0.6 is 12.4 Å². The molecule has 0 aromatic heterocycles. The van der Waals surface area contributed by atoms with Crippen molar-refractivity contribution in [3.05, 3.63) is 29.8 Å². The number of anilines is 1. The van der Waals surface area contributed by atoms with Crippen molar-refractivity contribution < 1.29 is 9.53 Å². The average molecular weight is 271 g/mol. The molecule has 0 radical (unpaired) electrons. The monoisotopic (exact) mass is 270 g/mol. The van der Waals surface area contributed by atoms with Crippen LogP contribution in [-0.2, 0) is 9.53 Å². The Hall–Kier alpha value is -1.10. The highest BCUT2D eigenvalue weighted by Gasteiger charge is 2.29. The summed E-state index contributed by atoms with van der Waals surface area (Å²) in [6.45, 7) is 2.45. The molecule has 3 N–H and O–H groups in total. The highest BCUT2D eigenvalue weighted by molar-refractivity contribution is 5.94. The molecule has 0 unspecified atom stereocenters. The lowest BCUT2D eigenvalue weighted by atomic mass is 10.1. The van der Waals surface area contributed by atoms with E-state index in [1.54, 1.807) is 0 Å². The molecule has 1 saturated heterocycles. The van der Waals surface area contributed by atoms with Crippen LogP contribution in [0.15, 0.2) is 24.3 Å². The fraction of sp³-hybridized carbons (Fsp3) is 0.462. The molecule has 4 nitrogen and oxygen atoms in total. The predicted molar refractivity (Wildman–Crippen MR) is 74.0 cm³/mol.